The van der Waals surface area contributed by atoms with Crippen molar-refractivity contribution in [1.29, 1.82) is 0 Å². The van der Waals surface area contributed by atoms with Gasteiger partial charge in [0.25, 0.3) is 0 Å². The summed E-state index contributed by atoms with van der Waals surface area (Å²) >= 11 is 0. The maximum Gasteiger partial charge on any atom is 0.0701 e. The maximum absolute atomic E-state index is 8.53. The number of ether oxygens (including phenoxy) is 9. The van der Waals surface area contributed by atoms with Crippen molar-refractivity contribution < 1.29 is 52.8 Å². The van der Waals surface area contributed by atoms with Crippen molar-refractivity contribution in [2.24, 2.45) is 5.73 Å². The maximum atomic E-state index is 8.53. The van der Waals surface area contributed by atoms with Crippen LogP contribution in [0.5, 0.6) is 0 Å². The third-order valence-electron chi connectivity index (χ3n) is 7.16. The quantitative estimate of drug-likeness (QED) is 0.0567. The molecule has 0 aliphatic carbocycles. The van der Waals surface area contributed by atoms with Gasteiger partial charge < -0.3 is 58.6 Å². The molecule has 0 aromatic carbocycles. The van der Waals surface area contributed by atoms with Crippen LogP contribution in [0.3, 0.4) is 0 Å². The zero-order chi connectivity index (χ0) is 36.5. The Morgan fingerprint density at radius 3 is 0.840 bits per heavy atom. The van der Waals surface area contributed by atoms with Crippen LogP contribution in [0, 0.1) is 0 Å². The van der Waals surface area contributed by atoms with Crippen LogP contribution in [0.2, 0.25) is 0 Å². The molecular weight excluding hydrogens is 646 g/mol. The van der Waals surface area contributed by atoms with E-state index in [1.54, 1.807) is 0 Å². The molecule has 12 nitrogen and oxygen atoms in total. The average Bonchev–Trinajstić information content (AvgIpc) is 3.13. The highest BCUT2D eigenvalue weighted by atomic mass is 16.6. The fourth-order valence-electron chi connectivity index (χ4n) is 4.38. The van der Waals surface area contributed by atoms with E-state index in [2.05, 4.69) is 19.1 Å². The molecule has 0 radical (unpaired) electrons. The van der Waals surface area contributed by atoms with Crippen LogP contribution in [0.4, 0.5) is 0 Å². The number of hydrogen-bond acceptors (Lipinski definition) is 12. The third-order valence-corrected chi connectivity index (χ3v) is 7.16. The zero-order valence-electron chi connectivity index (χ0n) is 32.0. The minimum absolute atomic E-state index is 0.0278. The standard InChI is InChI=1S/C20H42O11.C18H37N/c21-1-3-23-5-7-25-9-11-27-13-15-29-17-19-31-20-18-30-16-14-28-12-10-26-8-6-24-4-2-22;1-2-3-4-5-6-7-8-9-10-11-12-13-14-15-16-17-18-19/h21-22H,1-20H2;9-10H,2-8,11-19H2,1H3. The summed E-state index contributed by atoms with van der Waals surface area (Å²) in [6.45, 7) is 11.9. The van der Waals surface area contributed by atoms with Crippen molar-refractivity contribution in [2.75, 3.05) is 139 Å². The van der Waals surface area contributed by atoms with Crippen molar-refractivity contribution >= 4 is 0 Å². The first-order valence-corrected chi connectivity index (χ1v) is 19.6. The first-order valence-electron chi connectivity index (χ1n) is 19.6. The van der Waals surface area contributed by atoms with Crippen LogP contribution in [0.1, 0.15) is 96.8 Å². The number of unbranched alkanes of at least 4 members (excludes halogenated alkanes) is 12. The average molecular weight is 726 g/mol. The van der Waals surface area contributed by atoms with Crippen molar-refractivity contribution in [2.45, 2.75) is 96.8 Å². The van der Waals surface area contributed by atoms with Crippen molar-refractivity contribution in [1.82, 2.24) is 0 Å². The van der Waals surface area contributed by atoms with Gasteiger partial charge >= 0.3 is 0 Å². The molecule has 0 aromatic rings. The lowest BCUT2D eigenvalue weighted by Gasteiger charge is -2.08. The van der Waals surface area contributed by atoms with E-state index in [9.17, 15) is 0 Å². The second kappa shape index (κ2) is 52.6. The van der Waals surface area contributed by atoms with Gasteiger partial charge in [-0.05, 0) is 38.6 Å². The molecule has 0 aliphatic rings. The van der Waals surface area contributed by atoms with Crippen LogP contribution < -0.4 is 5.73 Å². The predicted octanol–water partition coefficient (Wildman–Crippen LogP) is 5.10. The van der Waals surface area contributed by atoms with Gasteiger partial charge in [-0.2, -0.15) is 0 Å². The number of aliphatic hydroxyl groups excluding tert-OH is 2. The molecule has 50 heavy (non-hydrogen) atoms. The lowest BCUT2D eigenvalue weighted by molar-refractivity contribution is -0.0260. The summed E-state index contributed by atoms with van der Waals surface area (Å²) in [5.41, 5.74) is 5.47. The Morgan fingerprint density at radius 1 is 0.340 bits per heavy atom. The highest BCUT2D eigenvalue weighted by Gasteiger charge is 1.96. The summed E-state index contributed by atoms with van der Waals surface area (Å²) in [6, 6.07) is 0. The van der Waals surface area contributed by atoms with E-state index in [1.807, 2.05) is 0 Å². The molecule has 0 spiro atoms. The van der Waals surface area contributed by atoms with E-state index < -0.39 is 0 Å². The monoisotopic (exact) mass is 726 g/mol. The summed E-state index contributed by atoms with van der Waals surface area (Å²) in [7, 11) is 0. The molecule has 12 heteroatoms. The van der Waals surface area contributed by atoms with E-state index >= 15 is 0 Å². The second-order valence-electron chi connectivity index (χ2n) is 11.7. The molecule has 0 amide bonds. The van der Waals surface area contributed by atoms with Gasteiger partial charge in [-0.1, -0.05) is 76.9 Å². The summed E-state index contributed by atoms with van der Waals surface area (Å²) in [4.78, 5) is 0. The van der Waals surface area contributed by atoms with Gasteiger partial charge in [0.2, 0.25) is 0 Å². The van der Waals surface area contributed by atoms with E-state index in [-0.39, 0.29) is 13.2 Å². The Hall–Kier alpha value is -0.740. The molecule has 0 unspecified atom stereocenters. The van der Waals surface area contributed by atoms with Gasteiger partial charge in [0.15, 0.2) is 0 Å². The zero-order valence-corrected chi connectivity index (χ0v) is 32.0. The van der Waals surface area contributed by atoms with E-state index in [4.69, 9.17) is 58.6 Å². The molecule has 4 N–H and O–H groups in total. The lowest BCUT2D eigenvalue weighted by atomic mass is 10.1. The van der Waals surface area contributed by atoms with Crippen LogP contribution in [0.15, 0.2) is 12.2 Å². The summed E-state index contributed by atoms with van der Waals surface area (Å²) in [6.07, 6.45) is 23.9. The second-order valence-corrected chi connectivity index (χ2v) is 11.7. The van der Waals surface area contributed by atoms with Gasteiger partial charge in [-0.15, -0.1) is 0 Å². The molecule has 0 saturated carbocycles. The van der Waals surface area contributed by atoms with E-state index in [0.717, 1.165) is 6.54 Å². The molecule has 0 aromatic heterocycles. The fourth-order valence-corrected chi connectivity index (χ4v) is 4.38. The van der Waals surface area contributed by atoms with Crippen LogP contribution in [-0.4, -0.2) is 149 Å². The van der Waals surface area contributed by atoms with Crippen molar-refractivity contribution in [3.8, 4) is 0 Å². The fraction of sp³-hybridized carbons (Fsp3) is 0.947. The molecule has 0 fully saturated rings. The van der Waals surface area contributed by atoms with Gasteiger partial charge in [0.1, 0.15) is 0 Å². The first-order chi connectivity index (χ1) is 24.8. The Balaban J connectivity index is 0. The number of nitrogens with two attached hydrogens (primary N) is 1. The molecule has 0 saturated heterocycles. The number of rotatable bonds is 43. The van der Waals surface area contributed by atoms with Gasteiger partial charge in [-0.25, -0.2) is 0 Å². The third kappa shape index (κ3) is 54.0. The first kappa shape index (κ1) is 51.4. The van der Waals surface area contributed by atoms with Gasteiger partial charge in [0, 0.05) is 0 Å². The summed E-state index contributed by atoms with van der Waals surface area (Å²) < 4.78 is 47.7. The molecule has 0 bridgehead atoms. The minimum Gasteiger partial charge on any atom is -0.394 e. The lowest BCUT2D eigenvalue weighted by Crippen LogP contribution is -2.15. The molecule has 0 heterocycles. The van der Waals surface area contributed by atoms with Crippen LogP contribution >= 0.6 is 0 Å². The molecular formula is C38H79NO11. The smallest absolute Gasteiger partial charge is 0.0701 e. The normalized spacial score (nSPS) is 11.4. The van der Waals surface area contributed by atoms with Crippen LogP contribution in [-0.2, 0) is 42.6 Å². The Labute approximate surface area is 306 Å². The van der Waals surface area contributed by atoms with Crippen LogP contribution in [0.25, 0.3) is 0 Å². The molecule has 0 aliphatic heterocycles. The molecule has 0 atom stereocenters. The van der Waals surface area contributed by atoms with Crippen molar-refractivity contribution in [3.63, 3.8) is 0 Å². The largest absolute Gasteiger partial charge is 0.394 e. The number of allylic oxidation sites excluding steroid dienone is 2. The highest BCUT2D eigenvalue weighted by Crippen LogP contribution is 2.09. The Morgan fingerprint density at radius 2 is 0.580 bits per heavy atom. The number of hydrogen-bond donors (Lipinski definition) is 3. The molecule has 302 valence electrons. The van der Waals surface area contributed by atoms with Crippen molar-refractivity contribution in [3.05, 3.63) is 12.2 Å². The SMILES string of the molecule is CCCCCCCCC=CCCCCCCCCN.OCCOCCOCCOCCOCCOCCOCCOCCOCCOCCO. The van der Waals surface area contributed by atoms with E-state index in [0.29, 0.717) is 119 Å². The Bertz CT molecular complexity index is 563. The van der Waals surface area contributed by atoms with Gasteiger partial charge in [-0.3, -0.25) is 0 Å². The summed E-state index contributed by atoms with van der Waals surface area (Å²) in [5.74, 6) is 0. The number of aliphatic hydroxyl groups is 2. The molecule has 0 rings (SSSR count). The minimum atomic E-state index is 0.0278. The Kier molecular flexibility index (Phi) is 54.1. The highest BCUT2D eigenvalue weighted by molar-refractivity contribution is 4.81. The van der Waals surface area contributed by atoms with E-state index in [1.165, 1.54) is 89.9 Å². The summed E-state index contributed by atoms with van der Waals surface area (Å²) in [5, 5.41) is 17.1. The van der Waals surface area contributed by atoms with Gasteiger partial charge in [0.05, 0.1) is 132 Å². The topological polar surface area (TPSA) is 150 Å². The predicted molar refractivity (Wildman–Crippen MR) is 200 cm³/mol.